The molecule has 1 aliphatic heterocycles. The Labute approximate surface area is 68.2 Å². The Hall–Kier alpha value is -0.340. The monoisotopic (exact) mass is 156 g/mol. The predicted molar refractivity (Wildman–Crippen MR) is 44.3 cm³/mol. The summed E-state index contributed by atoms with van der Waals surface area (Å²) in [6.45, 7) is 7.21. The van der Waals surface area contributed by atoms with Crippen molar-refractivity contribution in [2.24, 2.45) is 5.92 Å². The van der Waals surface area contributed by atoms with Crippen molar-refractivity contribution in [2.45, 2.75) is 26.1 Å². The SMILES string of the molecule is C=CCOC1CCC(C)CO1. The lowest BCUT2D eigenvalue weighted by atomic mass is 10.0. The zero-order valence-corrected chi connectivity index (χ0v) is 7.08. The van der Waals surface area contributed by atoms with Gasteiger partial charge in [-0.05, 0) is 18.8 Å². The second kappa shape index (κ2) is 4.52. The maximum Gasteiger partial charge on any atom is 0.158 e. The van der Waals surface area contributed by atoms with E-state index in [2.05, 4.69) is 13.5 Å². The fourth-order valence-electron chi connectivity index (χ4n) is 1.17. The van der Waals surface area contributed by atoms with Gasteiger partial charge in [0.25, 0.3) is 0 Å². The first kappa shape index (κ1) is 8.75. The molecule has 1 saturated heterocycles. The average Bonchev–Trinajstić information content (AvgIpc) is 2.04. The average molecular weight is 156 g/mol. The van der Waals surface area contributed by atoms with Gasteiger partial charge in [0.05, 0.1) is 13.2 Å². The van der Waals surface area contributed by atoms with Crippen LogP contribution in [0.5, 0.6) is 0 Å². The summed E-state index contributed by atoms with van der Waals surface area (Å²) in [6.07, 6.45) is 4.00. The molecule has 0 aliphatic carbocycles. The highest BCUT2D eigenvalue weighted by Crippen LogP contribution is 2.18. The van der Waals surface area contributed by atoms with Gasteiger partial charge < -0.3 is 9.47 Å². The van der Waals surface area contributed by atoms with Crippen LogP contribution in [0, 0.1) is 5.92 Å². The van der Waals surface area contributed by atoms with Gasteiger partial charge in [0.2, 0.25) is 0 Å². The van der Waals surface area contributed by atoms with E-state index in [1.165, 1.54) is 6.42 Å². The molecule has 1 rings (SSSR count). The number of hydrogen-bond acceptors (Lipinski definition) is 2. The van der Waals surface area contributed by atoms with Gasteiger partial charge >= 0.3 is 0 Å². The van der Waals surface area contributed by atoms with Crippen LogP contribution in [-0.2, 0) is 9.47 Å². The minimum atomic E-state index is 0.0178. The van der Waals surface area contributed by atoms with Gasteiger partial charge in [0, 0.05) is 0 Å². The molecule has 1 fully saturated rings. The van der Waals surface area contributed by atoms with Gasteiger partial charge in [0.15, 0.2) is 6.29 Å². The molecule has 0 N–H and O–H groups in total. The van der Waals surface area contributed by atoms with E-state index < -0.39 is 0 Å². The first-order valence-electron chi connectivity index (χ1n) is 4.17. The fourth-order valence-corrected chi connectivity index (χ4v) is 1.17. The highest BCUT2D eigenvalue weighted by atomic mass is 16.7. The van der Waals surface area contributed by atoms with Crippen LogP contribution in [0.15, 0.2) is 12.7 Å². The van der Waals surface area contributed by atoms with Crippen molar-refractivity contribution in [1.29, 1.82) is 0 Å². The molecular weight excluding hydrogens is 140 g/mol. The Bertz CT molecular complexity index is 115. The highest BCUT2D eigenvalue weighted by Gasteiger charge is 2.17. The minimum absolute atomic E-state index is 0.0178. The zero-order chi connectivity index (χ0) is 8.10. The lowest BCUT2D eigenvalue weighted by molar-refractivity contribution is -0.167. The fraction of sp³-hybridized carbons (Fsp3) is 0.778. The van der Waals surface area contributed by atoms with E-state index in [1.54, 1.807) is 6.08 Å². The van der Waals surface area contributed by atoms with Crippen LogP contribution in [0.25, 0.3) is 0 Å². The molecule has 0 aromatic carbocycles. The van der Waals surface area contributed by atoms with Crippen LogP contribution in [0.2, 0.25) is 0 Å². The van der Waals surface area contributed by atoms with Crippen LogP contribution in [-0.4, -0.2) is 19.5 Å². The molecule has 0 spiro atoms. The van der Waals surface area contributed by atoms with Crippen molar-refractivity contribution in [3.63, 3.8) is 0 Å². The second-order valence-electron chi connectivity index (χ2n) is 3.07. The molecular formula is C9H16O2. The van der Waals surface area contributed by atoms with Crippen LogP contribution in [0.4, 0.5) is 0 Å². The standard InChI is InChI=1S/C9H16O2/c1-3-6-10-9-5-4-8(2)7-11-9/h3,8-9H,1,4-7H2,2H3. The molecule has 2 unspecified atom stereocenters. The molecule has 11 heavy (non-hydrogen) atoms. The molecule has 0 saturated carbocycles. The van der Waals surface area contributed by atoms with Crippen LogP contribution >= 0.6 is 0 Å². The van der Waals surface area contributed by atoms with Crippen molar-refractivity contribution in [3.8, 4) is 0 Å². The lowest BCUT2D eigenvalue weighted by Gasteiger charge is -2.26. The molecule has 0 aromatic heterocycles. The Morgan fingerprint density at radius 2 is 2.45 bits per heavy atom. The van der Waals surface area contributed by atoms with Gasteiger partial charge in [0.1, 0.15) is 0 Å². The van der Waals surface area contributed by atoms with E-state index in [1.807, 2.05) is 0 Å². The van der Waals surface area contributed by atoms with E-state index in [4.69, 9.17) is 9.47 Å². The van der Waals surface area contributed by atoms with Crippen molar-refractivity contribution in [3.05, 3.63) is 12.7 Å². The third kappa shape index (κ3) is 3.04. The van der Waals surface area contributed by atoms with Gasteiger partial charge in [-0.2, -0.15) is 0 Å². The van der Waals surface area contributed by atoms with Crippen LogP contribution in [0.1, 0.15) is 19.8 Å². The molecule has 1 aliphatic rings. The summed E-state index contributed by atoms with van der Waals surface area (Å²) in [4.78, 5) is 0. The smallest absolute Gasteiger partial charge is 0.158 e. The first-order chi connectivity index (χ1) is 5.33. The molecule has 2 atom stereocenters. The van der Waals surface area contributed by atoms with Gasteiger partial charge in [-0.15, -0.1) is 6.58 Å². The molecule has 1 heterocycles. The van der Waals surface area contributed by atoms with Crippen molar-refractivity contribution >= 4 is 0 Å². The summed E-state index contributed by atoms with van der Waals surface area (Å²) in [5.74, 6) is 0.693. The second-order valence-corrected chi connectivity index (χ2v) is 3.07. The van der Waals surface area contributed by atoms with Crippen molar-refractivity contribution in [2.75, 3.05) is 13.2 Å². The molecule has 2 nitrogen and oxygen atoms in total. The summed E-state index contributed by atoms with van der Waals surface area (Å²) >= 11 is 0. The summed E-state index contributed by atoms with van der Waals surface area (Å²) < 4.78 is 10.8. The van der Waals surface area contributed by atoms with E-state index in [0.29, 0.717) is 12.5 Å². The largest absolute Gasteiger partial charge is 0.352 e. The lowest BCUT2D eigenvalue weighted by Crippen LogP contribution is -2.26. The maximum atomic E-state index is 5.42. The van der Waals surface area contributed by atoms with E-state index >= 15 is 0 Å². The minimum Gasteiger partial charge on any atom is -0.352 e. The highest BCUT2D eigenvalue weighted by molar-refractivity contribution is 4.66. The Kier molecular flexibility index (Phi) is 3.60. The molecule has 2 heteroatoms. The summed E-state index contributed by atoms with van der Waals surface area (Å²) in [7, 11) is 0. The third-order valence-electron chi connectivity index (χ3n) is 1.86. The van der Waals surface area contributed by atoms with Crippen LogP contribution in [0.3, 0.4) is 0 Å². The van der Waals surface area contributed by atoms with Gasteiger partial charge in [-0.3, -0.25) is 0 Å². The summed E-state index contributed by atoms with van der Waals surface area (Å²) in [5.41, 5.74) is 0. The van der Waals surface area contributed by atoms with Crippen molar-refractivity contribution in [1.82, 2.24) is 0 Å². The Morgan fingerprint density at radius 3 is 3.00 bits per heavy atom. The van der Waals surface area contributed by atoms with Gasteiger partial charge in [-0.1, -0.05) is 13.0 Å². The summed E-state index contributed by atoms with van der Waals surface area (Å²) in [6, 6.07) is 0. The quantitative estimate of drug-likeness (QED) is 0.581. The normalized spacial score (nSPS) is 31.7. The predicted octanol–water partition coefficient (Wildman–Crippen LogP) is 1.96. The maximum absolute atomic E-state index is 5.42. The first-order valence-corrected chi connectivity index (χ1v) is 4.17. The number of hydrogen-bond donors (Lipinski definition) is 0. The molecule has 0 aromatic rings. The Balaban J connectivity index is 2.12. The Morgan fingerprint density at radius 1 is 1.64 bits per heavy atom. The van der Waals surface area contributed by atoms with Crippen molar-refractivity contribution < 1.29 is 9.47 Å². The topological polar surface area (TPSA) is 18.5 Å². The molecule has 0 bridgehead atoms. The number of rotatable bonds is 3. The van der Waals surface area contributed by atoms with E-state index in [0.717, 1.165) is 13.0 Å². The van der Waals surface area contributed by atoms with Gasteiger partial charge in [-0.25, -0.2) is 0 Å². The summed E-state index contributed by atoms with van der Waals surface area (Å²) in [5, 5.41) is 0. The van der Waals surface area contributed by atoms with E-state index in [-0.39, 0.29) is 6.29 Å². The zero-order valence-electron chi connectivity index (χ0n) is 7.08. The number of ether oxygens (including phenoxy) is 2. The van der Waals surface area contributed by atoms with Crippen LogP contribution < -0.4 is 0 Å². The molecule has 0 radical (unpaired) electrons. The molecule has 64 valence electrons. The third-order valence-corrected chi connectivity index (χ3v) is 1.86. The molecule has 0 amide bonds. The van der Waals surface area contributed by atoms with E-state index in [9.17, 15) is 0 Å².